The van der Waals surface area contributed by atoms with Gasteiger partial charge in [0.15, 0.2) is 11.9 Å². The molecule has 0 radical (unpaired) electrons. The SMILES string of the molecule is OC[C@@H](O)[C@@H]1OC([C@@]2(O)[C@@H](O)C(O)O[C@H]2[C@H](O)CO)[C@H](O)[C@H]1O. The van der Waals surface area contributed by atoms with Crippen molar-refractivity contribution in [1.29, 1.82) is 0 Å². The minimum atomic E-state index is -2.59. The van der Waals surface area contributed by atoms with Gasteiger partial charge in [-0.2, -0.15) is 0 Å². The van der Waals surface area contributed by atoms with Gasteiger partial charge in [-0.15, -0.1) is 0 Å². The highest BCUT2D eigenvalue weighted by Crippen LogP contribution is 2.41. The van der Waals surface area contributed by atoms with Crippen molar-refractivity contribution in [2.75, 3.05) is 13.2 Å². The van der Waals surface area contributed by atoms with E-state index in [1.807, 2.05) is 0 Å². The Morgan fingerprint density at radius 1 is 0.870 bits per heavy atom. The fourth-order valence-electron chi connectivity index (χ4n) is 3.06. The smallest absolute Gasteiger partial charge is 0.184 e. The molecule has 23 heavy (non-hydrogen) atoms. The lowest BCUT2D eigenvalue weighted by Crippen LogP contribution is -2.63. The number of hydrogen-bond acceptors (Lipinski definition) is 11. The summed E-state index contributed by atoms with van der Waals surface area (Å²) in [6, 6.07) is 0. The maximum Gasteiger partial charge on any atom is 0.184 e. The number of aliphatic hydroxyl groups is 9. The van der Waals surface area contributed by atoms with E-state index in [9.17, 15) is 35.7 Å². The van der Waals surface area contributed by atoms with Crippen LogP contribution in [0, 0.1) is 0 Å². The zero-order chi connectivity index (χ0) is 17.5. The minimum absolute atomic E-state index is 0.802. The topological polar surface area (TPSA) is 201 Å². The summed E-state index contributed by atoms with van der Waals surface area (Å²) >= 11 is 0. The van der Waals surface area contributed by atoms with E-state index in [2.05, 4.69) is 0 Å². The summed E-state index contributed by atoms with van der Waals surface area (Å²) in [5, 5.41) is 87.4. The first-order valence-electron chi connectivity index (χ1n) is 7.03. The summed E-state index contributed by atoms with van der Waals surface area (Å²) in [6.07, 6.45) is -15.9. The van der Waals surface area contributed by atoms with Gasteiger partial charge < -0.3 is 55.4 Å². The molecule has 0 aromatic carbocycles. The standard InChI is InChI=1S/C12H22O11/c13-1-3(15)7-5(17)6(18)10(22-7)12(21)8(19)11(20)23-9(12)4(16)2-14/h3-11,13-21H,1-2H2/t3-,4-,5-,6-,7+,8+,9+,10?,11?,12-/m1/s1. The highest BCUT2D eigenvalue weighted by Gasteiger charge is 2.67. The Hall–Kier alpha value is -0.440. The molecular weight excluding hydrogens is 320 g/mol. The summed E-state index contributed by atoms with van der Waals surface area (Å²) < 4.78 is 9.99. The number of ether oxygens (including phenoxy) is 2. The third-order valence-corrected chi connectivity index (χ3v) is 4.34. The van der Waals surface area contributed by atoms with Crippen LogP contribution in [0.5, 0.6) is 0 Å². The lowest BCUT2D eigenvalue weighted by atomic mass is 9.81. The predicted molar refractivity (Wildman–Crippen MR) is 68.7 cm³/mol. The van der Waals surface area contributed by atoms with Gasteiger partial charge in [0.2, 0.25) is 0 Å². The fourth-order valence-corrected chi connectivity index (χ4v) is 3.06. The molecule has 0 saturated carbocycles. The lowest BCUT2D eigenvalue weighted by Gasteiger charge is -2.38. The van der Waals surface area contributed by atoms with Crippen LogP contribution in [0.25, 0.3) is 0 Å². The summed E-state index contributed by atoms with van der Waals surface area (Å²) in [5.41, 5.74) is -2.59. The Labute approximate surface area is 130 Å². The molecule has 0 spiro atoms. The molecule has 0 aliphatic carbocycles. The van der Waals surface area contributed by atoms with E-state index in [-0.39, 0.29) is 0 Å². The molecule has 0 aromatic heterocycles. The molecule has 2 heterocycles. The molecule has 9 N–H and O–H groups in total. The third kappa shape index (κ3) is 2.88. The quantitative estimate of drug-likeness (QED) is 0.230. The van der Waals surface area contributed by atoms with E-state index in [0.29, 0.717) is 0 Å². The molecule has 2 fully saturated rings. The first-order valence-corrected chi connectivity index (χ1v) is 7.03. The van der Waals surface area contributed by atoms with Crippen molar-refractivity contribution >= 4 is 0 Å². The molecule has 2 rings (SSSR count). The molecule has 2 aliphatic rings. The van der Waals surface area contributed by atoms with Crippen LogP contribution in [0.3, 0.4) is 0 Å². The molecular formula is C12H22O11. The van der Waals surface area contributed by atoms with Crippen LogP contribution in [0.15, 0.2) is 0 Å². The van der Waals surface area contributed by atoms with Gasteiger partial charge in [-0.3, -0.25) is 0 Å². The van der Waals surface area contributed by atoms with Crippen molar-refractivity contribution < 1.29 is 55.4 Å². The second-order valence-corrected chi connectivity index (χ2v) is 5.78. The van der Waals surface area contributed by atoms with Gasteiger partial charge in [0.1, 0.15) is 48.8 Å². The minimum Gasteiger partial charge on any atom is -0.394 e. The average molecular weight is 342 g/mol. The predicted octanol–water partition coefficient (Wildman–Crippen LogP) is -6.01. The maximum atomic E-state index is 10.7. The Morgan fingerprint density at radius 3 is 1.96 bits per heavy atom. The van der Waals surface area contributed by atoms with Crippen molar-refractivity contribution in [3.05, 3.63) is 0 Å². The zero-order valence-corrected chi connectivity index (χ0v) is 12.0. The van der Waals surface area contributed by atoms with Crippen LogP contribution in [0.4, 0.5) is 0 Å². The van der Waals surface area contributed by atoms with Crippen LogP contribution < -0.4 is 0 Å². The Balaban J connectivity index is 2.33. The van der Waals surface area contributed by atoms with Gasteiger partial charge in [0.05, 0.1) is 13.2 Å². The van der Waals surface area contributed by atoms with Crippen molar-refractivity contribution in [3.8, 4) is 0 Å². The second kappa shape index (κ2) is 6.82. The molecule has 136 valence electrons. The first kappa shape index (κ1) is 18.9. The largest absolute Gasteiger partial charge is 0.394 e. The van der Waals surface area contributed by atoms with Crippen molar-refractivity contribution in [3.63, 3.8) is 0 Å². The van der Waals surface area contributed by atoms with Crippen molar-refractivity contribution in [2.45, 2.75) is 60.7 Å². The maximum absolute atomic E-state index is 10.7. The normalized spacial score (nSPS) is 50.2. The molecule has 2 unspecified atom stereocenters. The Morgan fingerprint density at radius 2 is 1.43 bits per heavy atom. The van der Waals surface area contributed by atoms with Crippen LogP contribution in [-0.2, 0) is 9.47 Å². The van der Waals surface area contributed by atoms with E-state index in [4.69, 9.17) is 19.7 Å². The van der Waals surface area contributed by atoms with Crippen molar-refractivity contribution in [1.82, 2.24) is 0 Å². The van der Waals surface area contributed by atoms with Gasteiger partial charge in [0, 0.05) is 0 Å². The summed E-state index contributed by atoms with van der Waals surface area (Å²) in [4.78, 5) is 0. The zero-order valence-electron chi connectivity index (χ0n) is 12.0. The van der Waals surface area contributed by atoms with Gasteiger partial charge in [-0.25, -0.2) is 0 Å². The molecule has 0 bridgehead atoms. The summed E-state index contributed by atoms with van der Waals surface area (Å²) in [5.74, 6) is 0. The van der Waals surface area contributed by atoms with E-state index >= 15 is 0 Å². The van der Waals surface area contributed by atoms with E-state index in [1.54, 1.807) is 0 Å². The van der Waals surface area contributed by atoms with Gasteiger partial charge in [0.25, 0.3) is 0 Å². The van der Waals surface area contributed by atoms with Crippen molar-refractivity contribution in [2.24, 2.45) is 0 Å². The van der Waals surface area contributed by atoms with Gasteiger partial charge in [-0.05, 0) is 0 Å². The first-order chi connectivity index (χ1) is 10.7. The van der Waals surface area contributed by atoms with E-state index in [1.165, 1.54) is 0 Å². The van der Waals surface area contributed by atoms with Crippen LogP contribution in [-0.4, -0.2) is 120 Å². The monoisotopic (exact) mass is 342 g/mol. The fraction of sp³-hybridized carbons (Fsp3) is 1.00. The molecule has 0 amide bonds. The summed E-state index contributed by atoms with van der Waals surface area (Å²) in [6.45, 7) is -1.69. The van der Waals surface area contributed by atoms with E-state index in [0.717, 1.165) is 0 Å². The van der Waals surface area contributed by atoms with E-state index < -0.39 is 73.9 Å². The molecule has 2 aliphatic heterocycles. The molecule has 11 nitrogen and oxygen atoms in total. The molecule has 11 heteroatoms. The molecule has 0 aromatic rings. The summed E-state index contributed by atoms with van der Waals surface area (Å²) in [7, 11) is 0. The van der Waals surface area contributed by atoms with Crippen LogP contribution >= 0.6 is 0 Å². The van der Waals surface area contributed by atoms with Gasteiger partial charge >= 0.3 is 0 Å². The highest BCUT2D eigenvalue weighted by atomic mass is 16.7. The average Bonchev–Trinajstić information content (AvgIpc) is 2.96. The Bertz CT molecular complexity index is 408. The van der Waals surface area contributed by atoms with Crippen LogP contribution in [0.2, 0.25) is 0 Å². The van der Waals surface area contributed by atoms with Gasteiger partial charge in [-0.1, -0.05) is 0 Å². The Kier molecular flexibility index (Phi) is 5.60. The molecule has 10 atom stereocenters. The van der Waals surface area contributed by atoms with Crippen LogP contribution in [0.1, 0.15) is 0 Å². The number of aliphatic hydroxyl groups excluding tert-OH is 8. The molecule has 2 saturated heterocycles. The number of rotatable bonds is 5. The second-order valence-electron chi connectivity index (χ2n) is 5.78. The highest BCUT2D eigenvalue weighted by molar-refractivity contribution is 5.14. The lowest BCUT2D eigenvalue weighted by molar-refractivity contribution is -0.208. The third-order valence-electron chi connectivity index (χ3n) is 4.34. The number of hydrogen-bond donors (Lipinski definition) is 9.